The molecule has 1 aromatic carbocycles. The minimum Gasteiger partial charge on any atom is -0.465 e. The van der Waals surface area contributed by atoms with Gasteiger partial charge in [-0.2, -0.15) is 0 Å². The fourth-order valence-electron chi connectivity index (χ4n) is 2.03. The Morgan fingerprint density at radius 3 is 2.88 bits per heavy atom. The SMILES string of the molecule is O=C(O)N1Cc2ccc(-c3ncco3)cc2C1. The van der Waals surface area contributed by atoms with Crippen molar-refractivity contribution in [2.24, 2.45) is 0 Å². The van der Waals surface area contributed by atoms with Crippen LogP contribution in [-0.4, -0.2) is 21.1 Å². The first-order valence-electron chi connectivity index (χ1n) is 5.23. The molecule has 0 spiro atoms. The number of rotatable bonds is 1. The van der Waals surface area contributed by atoms with Crippen LogP contribution in [0.2, 0.25) is 0 Å². The van der Waals surface area contributed by atoms with Crippen LogP contribution in [0.3, 0.4) is 0 Å². The molecule has 5 nitrogen and oxygen atoms in total. The predicted octanol–water partition coefficient (Wildman–Crippen LogP) is 2.34. The molecule has 0 saturated heterocycles. The number of nitrogens with zero attached hydrogens (tertiary/aromatic N) is 2. The number of carbonyl (C=O) groups is 1. The lowest BCUT2D eigenvalue weighted by Gasteiger charge is -2.08. The molecule has 0 aliphatic carbocycles. The number of benzene rings is 1. The number of aromatic nitrogens is 1. The van der Waals surface area contributed by atoms with Crippen LogP contribution in [-0.2, 0) is 13.1 Å². The highest BCUT2D eigenvalue weighted by Gasteiger charge is 2.23. The molecule has 0 bridgehead atoms. The highest BCUT2D eigenvalue weighted by Crippen LogP contribution is 2.27. The molecule has 1 N–H and O–H groups in total. The van der Waals surface area contributed by atoms with E-state index in [1.165, 1.54) is 11.2 Å². The van der Waals surface area contributed by atoms with Crippen molar-refractivity contribution in [2.75, 3.05) is 0 Å². The van der Waals surface area contributed by atoms with Crippen molar-refractivity contribution in [3.05, 3.63) is 41.8 Å². The maximum absolute atomic E-state index is 10.9. The average Bonchev–Trinajstić information content (AvgIpc) is 2.97. The molecular formula is C12H10N2O3. The molecule has 1 aliphatic rings. The summed E-state index contributed by atoms with van der Waals surface area (Å²) in [6.45, 7) is 0.885. The monoisotopic (exact) mass is 230 g/mol. The van der Waals surface area contributed by atoms with Gasteiger partial charge in [-0.25, -0.2) is 9.78 Å². The molecule has 0 fully saturated rings. The van der Waals surface area contributed by atoms with Gasteiger partial charge in [0.2, 0.25) is 5.89 Å². The van der Waals surface area contributed by atoms with Gasteiger partial charge in [-0.15, -0.1) is 0 Å². The number of oxazole rings is 1. The van der Waals surface area contributed by atoms with Gasteiger partial charge < -0.3 is 9.52 Å². The lowest BCUT2D eigenvalue weighted by atomic mass is 10.1. The van der Waals surface area contributed by atoms with Crippen LogP contribution < -0.4 is 0 Å². The van der Waals surface area contributed by atoms with Crippen LogP contribution in [0, 0.1) is 0 Å². The van der Waals surface area contributed by atoms with E-state index in [1.54, 1.807) is 6.20 Å². The van der Waals surface area contributed by atoms with E-state index in [-0.39, 0.29) is 0 Å². The summed E-state index contributed by atoms with van der Waals surface area (Å²) >= 11 is 0. The van der Waals surface area contributed by atoms with Crippen molar-refractivity contribution >= 4 is 6.09 Å². The molecule has 1 aliphatic heterocycles. The van der Waals surface area contributed by atoms with Gasteiger partial charge in [-0.1, -0.05) is 6.07 Å². The van der Waals surface area contributed by atoms with Gasteiger partial charge >= 0.3 is 6.09 Å². The Morgan fingerprint density at radius 1 is 1.35 bits per heavy atom. The number of hydrogen-bond acceptors (Lipinski definition) is 3. The van der Waals surface area contributed by atoms with Gasteiger partial charge in [0.25, 0.3) is 0 Å². The van der Waals surface area contributed by atoms with E-state index in [4.69, 9.17) is 9.52 Å². The Bertz CT molecular complexity index is 563. The summed E-state index contributed by atoms with van der Waals surface area (Å²) in [4.78, 5) is 16.3. The largest absolute Gasteiger partial charge is 0.465 e. The van der Waals surface area contributed by atoms with E-state index in [9.17, 15) is 4.79 Å². The highest BCUT2D eigenvalue weighted by atomic mass is 16.4. The summed E-state index contributed by atoms with van der Waals surface area (Å²) in [5.41, 5.74) is 2.94. The summed E-state index contributed by atoms with van der Waals surface area (Å²) in [6.07, 6.45) is 2.22. The molecule has 0 unspecified atom stereocenters. The zero-order chi connectivity index (χ0) is 11.8. The molecule has 5 heteroatoms. The van der Waals surface area contributed by atoms with E-state index < -0.39 is 6.09 Å². The van der Waals surface area contributed by atoms with E-state index in [0.29, 0.717) is 19.0 Å². The third kappa shape index (κ3) is 1.65. The standard InChI is InChI=1S/C12H10N2O3/c15-12(16)14-6-9-2-1-8(5-10(9)7-14)11-13-3-4-17-11/h1-5H,6-7H2,(H,15,16). The van der Waals surface area contributed by atoms with E-state index >= 15 is 0 Å². The molecule has 2 aromatic rings. The number of hydrogen-bond donors (Lipinski definition) is 1. The minimum atomic E-state index is -0.890. The van der Waals surface area contributed by atoms with Crippen LogP contribution in [0.25, 0.3) is 11.5 Å². The quantitative estimate of drug-likeness (QED) is 0.816. The number of carboxylic acid groups (broad SMARTS) is 1. The Labute approximate surface area is 97.3 Å². The smallest absolute Gasteiger partial charge is 0.407 e. The summed E-state index contributed by atoms with van der Waals surface area (Å²) < 4.78 is 5.21. The van der Waals surface area contributed by atoms with Gasteiger partial charge in [0.05, 0.1) is 6.20 Å². The van der Waals surface area contributed by atoms with Crippen LogP contribution in [0.4, 0.5) is 4.79 Å². The van der Waals surface area contributed by atoms with Gasteiger partial charge in [0.15, 0.2) is 0 Å². The second-order valence-corrected chi connectivity index (χ2v) is 3.96. The van der Waals surface area contributed by atoms with Crippen molar-refractivity contribution in [1.29, 1.82) is 0 Å². The summed E-state index contributed by atoms with van der Waals surface area (Å²) in [7, 11) is 0. The number of amides is 1. The molecule has 1 aromatic heterocycles. The van der Waals surface area contributed by atoms with Gasteiger partial charge in [0.1, 0.15) is 6.26 Å². The molecule has 17 heavy (non-hydrogen) atoms. The first-order chi connectivity index (χ1) is 8.24. The van der Waals surface area contributed by atoms with E-state index in [1.807, 2.05) is 18.2 Å². The second kappa shape index (κ2) is 3.62. The average molecular weight is 230 g/mol. The second-order valence-electron chi connectivity index (χ2n) is 3.96. The Balaban J connectivity index is 1.95. The molecule has 86 valence electrons. The zero-order valence-corrected chi connectivity index (χ0v) is 8.96. The van der Waals surface area contributed by atoms with Crippen LogP contribution >= 0.6 is 0 Å². The fraction of sp³-hybridized carbons (Fsp3) is 0.167. The Kier molecular flexibility index (Phi) is 2.11. The van der Waals surface area contributed by atoms with Crippen molar-refractivity contribution in [3.63, 3.8) is 0 Å². The topological polar surface area (TPSA) is 66.6 Å². The fourth-order valence-corrected chi connectivity index (χ4v) is 2.03. The molecule has 0 atom stereocenters. The molecule has 1 amide bonds. The summed E-state index contributed by atoms with van der Waals surface area (Å²) in [6, 6.07) is 5.76. The minimum absolute atomic E-state index is 0.430. The first kappa shape index (κ1) is 9.89. The van der Waals surface area contributed by atoms with Crippen molar-refractivity contribution in [3.8, 4) is 11.5 Å². The maximum atomic E-state index is 10.9. The van der Waals surface area contributed by atoms with Crippen molar-refractivity contribution in [1.82, 2.24) is 9.88 Å². The van der Waals surface area contributed by atoms with Crippen LogP contribution in [0.1, 0.15) is 11.1 Å². The van der Waals surface area contributed by atoms with Crippen molar-refractivity contribution < 1.29 is 14.3 Å². The molecule has 2 heterocycles. The third-order valence-electron chi connectivity index (χ3n) is 2.88. The van der Waals surface area contributed by atoms with Gasteiger partial charge in [0, 0.05) is 18.7 Å². The molecule has 3 rings (SSSR count). The van der Waals surface area contributed by atoms with E-state index in [2.05, 4.69) is 4.98 Å². The summed E-state index contributed by atoms with van der Waals surface area (Å²) in [5.74, 6) is 0.557. The van der Waals surface area contributed by atoms with E-state index in [0.717, 1.165) is 16.7 Å². The lowest BCUT2D eigenvalue weighted by Crippen LogP contribution is -2.22. The first-order valence-corrected chi connectivity index (χ1v) is 5.23. The predicted molar refractivity (Wildman–Crippen MR) is 59.2 cm³/mol. The van der Waals surface area contributed by atoms with Gasteiger partial charge in [-0.3, -0.25) is 4.90 Å². The normalized spacial score (nSPS) is 13.8. The highest BCUT2D eigenvalue weighted by molar-refractivity contribution is 5.67. The van der Waals surface area contributed by atoms with Gasteiger partial charge in [-0.05, 0) is 23.3 Å². The number of fused-ring (bicyclic) bond motifs is 1. The molecular weight excluding hydrogens is 220 g/mol. The third-order valence-corrected chi connectivity index (χ3v) is 2.88. The van der Waals surface area contributed by atoms with Crippen LogP contribution in [0.15, 0.2) is 35.1 Å². The summed E-state index contributed by atoms with van der Waals surface area (Å²) in [5, 5.41) is 8.93. The molecule has 0 radical (unpaired) electrons. The zero-order valence-electron chi connectivity index (χ0n) is 8.96. The Hall–Kier alpha value is -2.30. The van der Waals surface area contributed by atoms with Crippen LogP contribution in [0.5, 0.6) is 0 Å². The molecule has 0 saturated carbocycles. The lowest BCUT2D eigenvalue weighted by molar-refractivity contribution is 0.145. The Morgan fingerprint density at radius 2 is 2.18 bits per heavy atom. The maximum Gasteiger partial charge on any atom is 0.407 e. The van der Waals surface area contributed by atoms with Crippen molar-refractivity contribution in [2.45, 2.75) is 13.1 Å².